The Morgan fingerprint density at radius 2 is 2.05 bits per heavy atom. The van der Waals surface area contributed by atoms with Gasteiger partial charge in [-0.3, -0.25) is 4.79 Å². The Morgan fingerprint density at radius 1 is 1.35 bits per heavy atom. The van der Waals surface area contributed by atoms with Gasteiger partial charge in [-0.05, 0) is 31.1 Å². The molecule has 0 aromatic heterocycles. The highest BCUT2D eigenvalue weighted by molar-refractivity contribution is 6.37. The van der Waals surface area contributed by atoms with Crippen molar-refractivity contribution in [1.29, 1.82) is 0 Å². The first-order valence-electron chi connectivity index (χ1n) is 6.65. The molecule has 20 heavy (non-hydrogen) atoms. The molecule has 2 N–H and O–H groups in total. The third kappa shape index (κ3) is 3.75. The number of aliphatic hydroxyl groups is 1. The number of rotatable bonds is 4. The van der Waals surface area contributed by atoms with Crippen molar-refractivity contribution in [2.24, 2.45) is 5.92 Å². The number of benzene rings is 1. The summed E-state index contributed by atoms with van der Waals surface area (Å²) in [6.45, 7) is 0.116. The lowest BCUT2D eigenvalue weighted by Crippen LogP contribution is -2.37. The molecule has 1 saturated carbocycles. The summed E-state index contributed by atoms with van der Waals surface area (Å²) in [5.41, 5.74) is 0.635. The molecule has 0 spiro atoms. The predicted octanol–water partition coefficient (Wildman–Crippen LogP) is 3.28. The summed E-state index contributed by atoms with van der Waals surface area (Å²) in [7, 11) is 0. The molecule has 108 valence electrons. The molecule has 2 atom stereocenters. The molecule has 1 fully saturated rings. The fraction of sp³-hybridized carbons (Fsp3) is 0.400. The lowest BCUT2D eigenvalue weighted by Gasteiger charge is -2.17. The van der Waals surface area contributed by atoms with Gasteiger partial charge in [-0.1, -0.05) is 35.7 Å². The Kier molecular flexibility index (Phi) is 5.46. The lowest BCUT2D eigenvalue weighted by atomic mass is 10.1. The molecule has 1 aliphatic carbocycles. The highest BCUT2D eigenvalue weighted by Crippen LogP contribution is 2.26. The van der Waals surface area contributed by atoms with Crippen LogP contribution in [0.4, 0.5) is 0 Å². The van der Waals surface area contributed by atoms with E-state index in [0.29, 0.717) is 15.6 Å². The van der Waals surface area contributed by atoms with Crippen molar-refractivity contribution in [3.63, 3.8) is 0 Å². The first-order valence-corrected chi connectivity index (χ1v) is 7.41. The van der Waals surface area contributed by atoms with Crippen LogP contribution in [0, 0.1) is 5.92 Å². The number of aliphatic hydroxyl groups excluding tert-OH is 1. The van der Waals surface area contributed by atoms with Gasteiger partial charge in [-0.15, -0.1) is 0 Å². The molecule has 2 rings (SSSR count). The van der Waals surface area contributed by atoms with E-state index in [0.717, 1.165) is 19.3 Å². The summed E-state index contributed by atoms with van der Waals surface area (Å²) in [6, 6.07) is 5.26. The molecule has 0 aliphatic heterocycles. The molecular weight excluding hydrogens is 297 g/mol. The largest absolute Gasteiger partial charge is 0.396 e. The summed E-state index contributed by atoms with van der Waals surface area (Å²) in [5, 5.41) is 13.2. The quantitative estimate of drug-likeness (QED) is 0.838. The number of amides is 1. The van der Waals surface area contributed by atoms with Crippen molar-refractivity contribution in [2.45, 2.75) is 25.3 Å². The van der Waals surface area contributed by atoms with Crippen molar-refractivity contribution < 1.29 is 9.90 Å². The smallest absolute Gasteiger partial charge is 0.244 e. The maximum atomic E-state index is 11.9. The van der Waals surface area contributed by atoms with E-state index >= 15 is 0 Å². The number of carbonyl (C=O) groups excluding carboxylic acids is 1. The Hall–Kier alpha value is -1.03. The average Bonchev–Trinajstić information content (AvgIpc) is 2.85. The Labute approximate surface area is 128 Å². The zero-order valence-electron chi connectivity index (χ0n) is 11.0. The lowest BCUT2D eigenvalue weighted by molar-refractivity contribution is -0.117. The number of carbonyl (C=O) groups is 1. The minimum absolute atomic E-state index is 0.0545. The van der Waals surface area contributed by atoms with Gasteiger partial charge in [0.15, 0.2) is 0 Å². The molecule has 1 aromatic carbocycles. The van der Waals surface area contributed by atoms with Gasteiger partial charge in [0, 0.05) is 40.3 Å². The summed E-state index contributed by atoms with van der Waals surface area (Å²) < 4.78 is 0. The van der Waals surface area contributed by atoms with Gasteiger partial charge in [0.05, 0.1) is 0 Å². The normalized spacial score (nSPS) is 22.4. The van der Waals surface area contributed by atoms with Crippen molar-refractivity contribution in [3.05, 3.63) is 39.9 Å². The van der Waals surface area contributed by atoms with Gasteiger partial charge < -0.3 is 10.4 Å². The third-order valence-electron chi connectivity index (χ3n) is 3.62. The predicted molar refractivity (Wildman–Crippen MR) is 81.9 cm³/mol. The first kappa shape index (κ1) is 15.4. The van der Waals surface area contributed by atoms with Crippen molar-refractivity contribution in [1.82, 2.24) is 5.32 Å². The van der Waals surface area contributed by atoms with Crippen LogP contribution in [-0.2, 0) is 4.79 Å². The highest BCUT2D eigenvalue weighted by atomic mass is 35.5. The minimum atomic E-state index is -0.189. The van der Waals surface area contributed by atoms with E-state index in [1.165, 1.54) is 6.08 Å². The monoisotopic (exact) mass is 313 g/mol. The van der Waals surface area contributed by atoms with E-state index < -0.39 is 0 Å². The number of nitrogens with one attached hydrogen (secondary N) is 1. The SMILES string of the molecule is O=C(/C=C/c1c(Cl)cccc1Cl)NC1CCCC1CO. The molecule has 0 saturated heterocycles. The maximum Gasteiger partial charge on any atom is 0.244 e. The summed E-state index contributed by atoms with van der Waals surface area (Å²) in [4.78, 5) is 11.9. The minimum Gasteiger partial charge on any atom is -0.396 e. The van der Waals surface area contributed by atoms with Gasteiger partial charge >= 0.3 is 0 Å². The van der Waals surface area contributed by atoms with E-state index in [1.54, 1.807) is 24.3 Å². The standard InChI is InChI=1S/C15H17Cl2NO2/c16-12-4-2-5-13(17)11(12)7-8-15(20)18-14-6-1-3-10(14)9-19/h2,4-5,7-8,10,14,19H,1,3,6,9H2,(H,18,20)/b8-7+. The van der Waals surface area contributed by atoms with Crippen LogP contribution in [0.15, 0.2) is 24.3 Å². The van der Waals surface area contributed by atoms with Crippen LogP contribution in [0.1, 0.15) is 24.8 Å². The van der Waals surface area contributed by atoms with Crippen molar-refractivity contribution >= 4 is 35.2 Å². The number of halogens is 2. The Bertz CT molecular complexity index is 496. The average molecular weight is 314 g/mol. The molecule has 0 heterocycles. The van der Waals surface area contributed by atoms with Gasteiger partial charge in [0.2, 0.25) is 5.91 Å². The molecule has 3 nitrogen and oxygen atoms in total. The number of hydrogen-bond acceptors (Lipinski definition) is 2. The van der Waals surface area contributed by atoms with Crippen LogP contribution in [0.3, 0.4) is 0 Å². The van der Waals surface area contributed by atoms with Crippen LogP contribution in [-0.4, -0.2) is 23.7 Å². The van der Waals surface area contributed by atoms with E-state index in [2.05, 4.69) is 5.32 Å². The molecular formula is C15H17Cl2NO2. The second-order valence-electron chi connectivity index (χ2n) is 4.96. The summed E-state index contributed by atoms with van der Waals surface area (Å²) in [5.74, 6) is -0.0254. The third-order valence-corrected chi connectivity index (χ3v) is 4.28. The van der Waals surface area contributed by atoms with E-state index in [1.807, 2.05) is 0 Å². The summed E-state index contributed by atoms with van der Waals surface area (Å²) >= 11 is 12.1. The fourth-order valence-corrected chi connectivity index (χ4v) is 3.03. The van der Waals surface area contributed by atoms with Crippen LogP contribution in [0.5, 0.6) is 0 Å². The van der Waals surface area contributed by atoms with Crippen LogP contribution < -0.4 is 5.32 Å². The molecule has 0 radical (unpaired) electrons. The zero-order valence-corrected chi connectivity index (χ0v) is 12.5. The van der Waals surface area contributed by atoms with E-state index in [-0.39, 0.29) is 24.5 Å². The molecule has 0 bridgehead atoms. The molecule has 1 aromatic rings. The van der Waals surface area contributed by atoms with Gasteiger partial charge in [0.1, 0.15) is 0 Å². The van der Waals surface area contributed by atoms with E-state index in [9.17, 15) is 9.90 Å². The van der Waals surface area contributed by atoms with Crippen LogP contribution >= 0.6 is 23.2 Å². The van der Waals surface area contributed by atoms with Crippen LogP contribution in [0.25, 0.3) is 6.08 Å². The van der Waals surface area contributed by atoms with E-state index in [4.69, 9.17) is 23.2 Å². The number of hydrogen-bond donors (Lipinski definition) is 2. The van der Waals surface area contributed by atoms with Gasteiger partial charge in [-0.25, -0.2) is 0 Å². The molecule has 1 amide bonds. The molecule has 5 heteroatoms. The second kappa shape index (κ2) is 7.11. The first-order chi connectivity index (χ1) is 9.61. The molecule has 1 aliphatic rings. The Morgan fingerprint density at radius 3 is 2.70 bits per heavy atom. The molecule has 2 unspecified atom stereocenters. The van der Waals surface area contributed by atoms with Crippen molar-refractivity contribution in [2.75, 3.05) is 6.61 Å². The topological polar surface area (TPSA) is 49.3 Å². The van der Waals surface area contributed by atoms with Crippen molar-refractivity contribution in [3.8, 4) is 0 Å². The van der Waals surface area contributed by atoms with Gasteiger partial charge in [-0.2, -0.15) is 0 Å². The highest BCUT2D eigenvalue weighted by Gasteiger charge is 2.27. The Balaban J connectivity index is 1.99. The maximum absolute atomic E-state index is 11.9. The summed E-state index contributed by atoms with van der Waals surface area (Å²) in [6.07, 6.45) is 5.96. The van der Waals surface area contributed by atoms with Crippen LogP contribution in [0.2, 0.25) is 10.0 Å². The fourth-order valence-electron chi connectivity index (χ4n) is 2.51. The second-order valence-corrected chi connectivity index (χ2v) is 5.77. The van der Waals surface area contributed by atoms with Gasteiger partial charge in [0.25, 0.3) is 0 Å². The zero-order chi connectivity index (χ0) is 14.5.